The van der Waals surface area contributed by atoms with Crippen LogP contribution in [0.4, 0.5) is 5.82 Å². The SMILES string of the molecule is CCCCCNC(=O)C(=O)Nc1cc(C)nn1-c1nc(C)c(C)c(=O)[nH]1. The van der Waals surface area contributed by atoms with Crippen molar-refractivity contribution in [1.82, 2.24) is 25.1 Å². The Bertz CT molecular complexity index is 868. The van der Waals surface area contributed by atoms with E-state index in [0.717, 1.165) is 19.3 Å². The summed E-state index contributed by atoms with van der Waals surface area (Å²) in [6, 6.07) is 1.59. The summed E-state index contributed by atoms with van der Waals surface area (Å²) in [5.74, 6) is -1.09. The second kappa shape index (κ2) is 8.41. The molecule has 2 aromatic heterocycles. The summed E-state index contributed by atoms with van der Waals surface area (Å²) in [5.41, 5.74) is 1.38. The number of carbonyl (C=O) groups excluding carboxylic acids is 2. The van der Waals surface area contributed by atoms with Crippen LogP contribution in [-0.2, 0) is 9.59 Å². The van der Waals surface area contributed by atoms with Crippen molar-refractivity contribution < 1.29 is 9.59 Å². The van der Waals surface area contributed by atoms with Gasteiger partial charge in [-0.05, 0) is 27.2 Å². The molecular weight excluding hydrogens is 336 g/mol. The Morgan fingerprint density at radius 3 is 2.58 bits per heavy atom. The Labute approximate surface area is 151 Å². The zero-order valence-electron chi connectivity index (χ0n) is 15.5. The van der Waals surface area contributed by atoms with Gasteiger partial charge in [-0.1, -0.05) is 19.8 Å². The molecule has 0 aromatic carbocycles. The van der Waals surface area contributed by atoms with Crippen molar-refractivity contribution >= 4 is 17.6 Å². The van der Waals surface area contributed by atoms with E-state index in [4.69, 9.17) is 0 Å². The molecule has 2 aromatic rings. The number of nitrogens with zero attached hydrogens (tertiary/aromatic N) is 3. The molecule has 2 rings (SSSR count). The monoisotopic (exact) mass is 360 g/mol. The van der Waals surface area contributed by atoms with Gasteiger partial charge in [-0.15, -0.1) is 0 Å². The van der Waals surface area contributed by atoms with E-state index < -0.39 is 11.8 Å². The minimum atomic E-state index is -0.797. The van der Waals surface area contributed by atoms with Crippen LogP contribution < -0.4 is 16.2 Å². The number of nitrogens with one attached hydrogen (secondary N) is 3. The maximum atomic E-state index is 12.1. The molecule has 0 aliphatic rings. The van der Waals surface area contributed by atoms with E-state index in [1.807, 2.05) is 0 Å². The fourth-order valence-electron chi connectivity index (χ4n) is 2.31. The molecule has 0 fully saturated rings. The Hall–Kier alpha value is -2.97. The predicted octanol–water partition coefficient (Wildman–Crippen LogP) is 1.13. The van der Waals surface area contributed by atoms with E-state index in [1.165, 1.54) is 4.68 Å². The maximum absolute atomic E-state index is 12.1. The van der Waals surface area contributed by atoms with Crippen molar-refractivity contribution in [2.24, 2.45) is 0 Å². The highest BCUT2D eigenvalue weighted by Crippen LogP contribution is 2.14. The van der Waals surface area contributed by atoms with E-state index >= 15 is 0 Å². The third-order valence-corrected chi connectivity index (χ3v) is 3.93. The number of rotatable bonds is 6. The lowest BCUT2D eigenvalue weighted by Gasteiger charge is -2.09. The van der Waals surface area contributed by atoms with Crippen LogP contribution in [-0.4, -0.2) is 38.1 Å². The number of aromatic amines is 1. The standard InChI is InChI=1S/C17H24N6O3/c1-5-6-7-8-18-15(25)16(26)20-13-9-10(2)22-23(13)17-19-12(4)11(3)14(24)21-17/h9H,5-8H2,1-4H3,(H,18,25)(H,20,26)(H,19,21,24). The Balaban J connectivity index is 2.18. The summed E-state index contributed by atoms with van der Waals surface area (Å²) in [5, 5.41) is 9.32. The molecule has 0 spiro atoms. The molecule has 0 unspecified atom stereocenters. The highest BCUT2D eigenvalue weighted by atomic mass is 16.2. The summed E-state index contributed by atoms with van der Waals surface area (Å²) < 4.78 is 1.30. The summed E-state index contributed by atoms with van der Waals surface area (Å²) in [6.45, 7) is 7.63. The number of hydrogen-bond donors (Lipinski definition) is 3. The molecule has 0 aliphatic carbocycles. The maximum Gasteiger partial charge on any atom is 0.314 e. The summed E-state index contributed by atoms with van der Waals surface area (Å²) >= 11 is 0. The molecule has 140 valence electrons. The largest absolute Gasteiger partial charge is 0.348 e. The number of aryl methyl sites for hydroxylation is 2. The predicted molar refractivity (Wildman–Crippen MR) is 97.4 cm³/mol. The molecule has 2 heterocycles. The zero-order valence-corrected chi connectivity index (χ0v) is 15.5. The van der Waals surface area contributed by atoms with Gasteiger partial charge < -0.3 is 10.6 Å². The molecule has 9 nitrogen and oxygen atoms in total. The molecule has 0 radical (unpaired) electrons. The second-order valence-corrected chi connectivity index (χ2v) is 6.10. The number of hydrogen-bond acceptors (Lipinski definition) is 5. The van der Waals surface area contributed by atoms with Gasteiger partial charge in [-0.25, -0.2) is 4.98 Å². The first-order chi connectivity index (χ1) is 12.3. The van der Waals surface area contributed by atoms with Crippen LogP contribution in [0.25, 0.3) is 5.95 Å². The molecule has 26 heavy (non-hydrogen) atoms. The van der Waals surface area contributed by atoms with E-state index in [9.17, 15) is 14.4 Å². The van der Waals surface area contributed by atoms with Crippen LogP contribution in [0.3, 0.4) is 0 Å². The summed E-state index contributed by atoms with van der Waals surface area (Å²) in [4.78, 5) is 42.9. The van der Waals surface area contributed by atoms with Crippen molar-refractivity contribution in [3.8, 4) is 5.95 Å². The van der Waals surface area contributed by atoms with Gasteiger partial charge in [0.05, 0.1) is 5.69 Å². The fraction of sp³-hybridized carbons (Fsp3) is 0.471. The lowest BCUT2D eigenvalue weighted by Crippen LogP contribution is -2.36. The third kappa shape index (κ3) is 4.56. The third-order valence-electron chi connectivity index (χ3n) is 3.93. The number of anilines is 1. The van der Waals surface area contributed by atoms with Gasteiger partial charge in [-0.3, -0.25) is 19.4 Å². The van der Waals surface area contributed by atoms with Crippen molar-refractivity contribution in [3.05, 3.63) is 33.4 Å². The fourth-order valence-corrected chi connectivity index (χ4v) is 2.31. The Morgan fingerprint density at radius 2 is 1.92 bits per heavy atom. The Morgan fingerprint density at radius 1 is 1.19 bits per heavy atom. The quantitative estimate of drug-likeness (QED) is 0.526. The number of amides is 2. The average molecular weight is 360 g/mol. The number of carbonyl (C=O) groups is 2. The normalized spacial score (nSPS) is 10.6. The van der Waals surface area contributed by atoms with Gasteiger partial charge in [0.1, 0.15) is 5.82 Å². The van der Waals surface area contributed by atoms with Gasteiger partial charge in [0.15, 0.2) is 0 Å². The second-order valence-electron chi connectivity index (χ2n) is 6.10. The van der Waals surface area contributed by atoms with Crippen molar-refractivity contribution in [2.45, 2.75) is 47.0 Å². The van der Waals surface area contributed by atoms with Gasteiger partial charge >= 0.3 is 11.8 Å². The first kappa shape index (κ1) is 19.4. The molecule has 0 atom stereocenters. The average Bonchev–Trinajstić information content (AvgIpc) is 2.96. The van der Waals surface area contributed by atoms with E-state index in [1.54, 1.807) is 26.8 Å². The van der Waals surface area contributed by atoms with Crippen molar-refractivity contribution in [1.29, 1.82) is 0 Å². The van der Waals surface area contributed by atoms with Crippen LogP contribution in [0.5, 0.6) is 0 Å². The topological polar surface area (TPSA) is 122 Å². The molecule has 0 bridgehead atoms. The number of aromatic nitrogens is 4. The van der Waals surface area contributed by atoms with Gasteiger partial charge in [0, 0.05) is 23.9 Å². The smallest absolute Gasteiger partial charge is 0.314 e. The van der Waals surface area contributed by atoms with Gasteiger partial charge in [0.2, 0.25) is 5.95 Å². The van der Waals surface area contributed by atoms with Crippen LogP contribution in [0, 0.1) is 20.8 Å². The minimum Gasteiger partial charge on any atom is -0.348 e. The van der Waals surface area contributed by atoms with E-state index in [-0.39, 0.29) is 17.3 Å². The molecule has 3 N–H and O–H groups in total. The van der Waals surface area contributed by atoms with Crippen LogP contribution in [0.1, 0.15) is 43.1 Å². The lowest BCUT2D eigenvalue weighted by atomic mass is 10.2. The molecular formula is C17H24N6O3. The first-order valence-electron chi connectivity index (χ1n) is 8.57. The van der Waals surface area contributed by atoms with Crippen molar-refractivity contribution in [2.75, 3.05) is 11.9 Å². The minimum absolute atomic E-state index is 0.171. The zero-order chi connectivity index (χ0) is 19.3. The summed E-state index contributed by atoms with van der Waals surface area (Å²) in [7, 11) is 0. The van der Waals surface area contributed by atoms with Crippen LogP contribution in [0.2, 0.25) is 0 Å². The van der Waals surface area contributed by atoms with Crippen LogP contribution >= 0.6 is 0 Å². The first-order valence-corrected chi connectivity index (χ1v) is 8.57. The van der Waals surface area contributed by atoms with Gasteiger partial charge in [0.25, 0.3) is 5.56 Å². The van der Waals surface area contributed by atoms with Crippen molar-refractivity contribution in [3.63, 3.8) is 0 Å². The van der Waals surface area contributed by atoms with E-state index in [2.05, 4.69) is 32.6 Å². The summed E-state index contributed by atoms with van der Waals surface area (Å²) in [6.07, 6.45) is 2.84. The molecule has 0 saturated carbocycles. The lowest BCUT2D eigenvalue weighted by molar-refractivity contribution is -0.136. The molecule has 9 heteroatoms. The highest BCUT2D eigenvalue weighted by molar-refractivity contribution is 6.39. The van der Waals surface area contributed by atoms with E-state index in [0.29, 0.717) is 23.5 Å². The Kier molecular flexibility index (Phi) is 6.26. The number of unbranched alkanes of at least 4 members (excludes halogenated alkanes) is 2. The molecule has 0 aliphatic heterocycles. The van der Waals surface area contributed by atoms with Crippen LogP contribution in [0.15, 0.2) is 10.9 Å². The molecule has 0 saturated heterocycles. The molecule has 2 amide bonds. The number of H-pyrrole nitrogens is 1. The highest BCUT2D eigenvalue weighted by Gasteiger charge is 2.18. The van der Waals surface area contributed by atoms with Gasteiger partial charge in [-0.2, -0.15) is 9.78 Å².